The minimum Gasteiger partial charge on any atom is -0.744 e. The van der Waals surface area contributed by atoms with Crippen molar-refractivity contribution in [3.05, 3.63) is 64.6 Å². The Bertz CT molecular complexity index is 1090. The Kier molecular flexibility index (Phi) is 5.36. The zero-order valence-corrected chi connectivity index (χ0v) is 16.1. The number of thioether (sulfide) groups is 1. The molecule has 1 aliphatic heterocycles. The number of carbonyl (C=O) groups is 1. The van der Waals surface area contributed by atoms with Gasteiger partial charge >= 0.3 is 6.18 Å². The molecule has 0 spiro atoms. The van der Waals surface area contributed by atoms with Gasteiger partial charge < -0.3 is 4.55 Å². The molecule has 0 aliphatic carbocycles. The van der Waals surface area contributed by atoms with Gasteiger partial charge in [-0.25, -0.2) is 8.42 Å². The van der Waals surface area contributed by atoms with Gasteiger partial charge in [-0.2, -0.15) is 13.2 Å². The molecule has 1 fully saturated rings. The number of carbonyl (C=O) groups excluding carboxylic acids is 1. The molecule has 2 aromatic carbocycles. The van der Waals surface area contributed by atoms with Crippen LogP contribution in [0.2, 0.25) is 0 Å². The first kappa shape index (κ1) is 20.5. The standard InChI is InChI=1S/C17H10F3NO4S3/c18-17(19,20)11-2-1-3-12(9-11)21-15(22)14(27-16(21)26)8-10-4-6-13(7-5-10)28(23,24)25/h1-9H,(H,23,24,25)/p-1/b14-8-. The highest BCUT2D eigenvalue weighted by Crippen LogP contribution is 2.38. The van der Waals surface area contributed by atoms with E-state index in [0.29, 0.717) is 5.56 Å². The van der Waals surface area contributed by atoms with Gasteiger partial charge in [-0.05, 0) is 42.0 Å². The summed E-state index contributed by atoms with van der Waals surface area (Å²) in [5.74, 6) is -0.602. The van der Waals surface area contributed by atoms with Crippen LogP contribution in [0.4, 0.5) is 18.9 Å². The molecule has 0 atom stereocenters. The van der Waals surface area contributed by atoms with Crippen molar-refractivity contribution >= 4 is 56.1 Å². The predicted octanol–water partition coefficient (Wildman–Crippen LogP) is 4.02. The van der Waals surface area contributed by atoms with Crippen molar-refractivity contribution in [2.45, 2.75) is 11.1 Å². The van der Waals surface area contributed by atoms with Gasteiger partial charge in [-0.3, -0.25) is 9.69 Å². The van der Waals surface area contributed by atoms with Crippen LogP contribution in [0.5, 0.6) is 0 Å². The third-order valence-electron chi connectivity index (χ3n) is 3.69. The van der Waals surface area contributed by atoms with Gasteiger partial charge in [-0.1, -0.05) is 42.2 Å². The molecule has 1 heterocycles. The molecule has 2 aromatic rings. The van der Waals surface area contributed by atoms with Crippen LogP contribution in [0, 0.1) is 0 Å². The Morgan fingerprint density at radius 2 is 1.75 bits per heavy atom. The van der Waals surface area contributed by atoms with Crippen molar-refractivity contribution in [3.63, 3.8) is 0 Å². The van der Waals surface area contributed by atoms with Crippen molar-refractivity contribution in [2.75, 3.05) is 4.90 Å². The maximum atomic E-state index is 12.9. The van der Waals surface area contributed by atoms with Gasteiger partial charge in [0.1, 0.15) is 10.1 Å². The smallest absolute Gasteiger partial charge is 0.416 e. The summed E-state index contributed by atoms with van der Waals surface area (Å²) in [4.78, 5) is 13.4. The molecule has 0 bridgehead atoms. The molecule has 1 aliphatic rings. The lowest BCUT2D eigenvalue weighted by atomic mass is 10.1. The Labute approximate surface area is 167 Å². The predicted molar refractivity (Wildman–Crippen MR) is 102 cm³/mol. The summed E-state index contributed by atoms with van der Waals surface area (Å²) < 4.78 is 71.6. The first-order valence-electron chi connectivity index (χ1n) is 7.48. The molecule has 1 amide bonds. The van der Waals surface area contributed by atoms with Crippen LogP contribution in [0.25, 0.3) is 6.08 Å². The van der Waals surface area contributed by atoms with Crippen LogP contribution in [0.1, 0.15) is 11.1 Å². The number of nitrogens with zero attached hydrogens (tertiary/aromatic N) is 1. The first-order chi connectivity index (χ1) is 13.0. The van der Waals surface area contributed by atoms with Crippen LogP contribution >= 0.6 is 24.0 Å². The SMILES string of the molecule is O=C1/C(=C/c2ccc(S(=O)(=O)[O-])cc2)SC(=S)N1c1cccc(C(F)(F)F)c1. The Morgan fingerprint density at radius 3 is 2.32 bits per heavy atom. The van der Waals surface area contributed by atoms with E-state index in [0.717, 1.165) is 40.9 Å². The molecule has 28 heavy (non-hydrogen) atoms. The van der Waals surface area contributed by atoms with E-state index in [-0.39, 0.29) is 14.9 Å². The second-order valence-corrected chi connectivity index (χ2v) is 8.64. The molecule has 3 rings (SSSR count). The van der Waals surface area contributed by atoms with Gasteiger partial charge in [0.05, 0.1) is 21.1 Å². The van der Waals surface area contributed by atoms with Crippen LogP contribution in [0.3, 0.4) is 0 Å². The van der Waals surface area contributed by atoms with Gasteiger partial charge in [-0.15, -0.1) is 0 Å². The van der Waals surface area contributed by atoms with E-state index in [1.807, 2.05) is 0 Å². The fraction of sp³-hybridized carbons (Fsp3) is 0.0588. The van der Waals surface area contributed by atoms with E-state index in [2.05, 4.69) is 0 Å². The lowest BCUT2D eigenvalue weighted by Gasteiger charge is -2.16. The summed E-state index contributed by atoms with van der Waals surface area (Å²) in [6.45, 7) is 0. The Hall–Kier alpha value is -2.21. The fourth-order valence-corrected chi connectivity index (χ4v) is 4.16. The normalized spacial score (nSPS) is 16.9. The van der Waals surface area contributed by atoms with E-state index in [4.69, 9.17) is 12.2 Å². The third-order valence-corrected chi connectivity index (χ3v) is 5.84. The van der Waals surface area contributed by atoms with Gasteiger partial charge in [0, 0.05) is 0 Å². The third kappa shape index (κ3) is 4.27. The fourth-order valence-electron chi connectivity index (χ4n) is 2.39. The second kappa shape index (κ2) is 7.32. The van der Waals surface area contributed by atoms with Crippen LogP contribution in [-0.4, -0.2) is 23.2 Å². The van der Waals surface area contributed by atoms with E-state index in [1.165, 1.54) is 30.3 Å². The number of alkyl halides is 3. The number of benzene rings is 2. The number of amides is 1. The average molecular weight is 444 g/mol. The van der Waals surface area contributed by atoms with E-state index < -0.39 is 32.7 Å². The molecule has 0 aromatic heterocycles. The van der Waals surface area contributed by atoms with Gasteiger partial charge in [0.25, 0.3) is 5.91 Å². The Balaban J connectivity index is 1.91. The molecular formula is C17H9F3NO4S3-. The highest BCUT2D eigenvalue weighted by atomic mass is 32.2. The lowest BCUT2D eigenvalue weighted by molar-refractivity contribution is -0.137. The van der Waals surface area contributed by atoms with E-state index in [9.17, 15) is 30.9 Å². The second-order valence-electron chi connectivity index (χ2n) is 5.59. The number of hydrogen-bond donors (Lipinski definition) is 0. The largest absolute Gasteiger partial charge is 0.744 e. The molecule has 11 heteroatoms. The van der Waals surface area contributed by atoms with Crippen molar-refractivity contribution in [3.8, 4) is 0 Å². The summed E-state index contributed by atoms with van der Waals surface area (Å²) in [5, 5.41) is 0. The minimum absolute atomic E-state index is 0.00600. The van der Waals surface area contributed by atoms with Gasteiger partial charge in [0.2, 0.25) is 0 Å². The average Bonchev–Trinajstić information content (AvgIpc) is 2.87. The number of halogens is 3. The summed E-state index contributed by atoms with van der Waals surface area (Å²) in [5.41, 5.74) is -0.483. The monoisotopic (exact) mass is 444 g/mol. The molecule has 0 N–H and O–H groups in total. The van der Waals surface area contributed by atoms with Crippen LogP contribution < -0.4 is 4.90 Å². The zero-order valence-electron chi connectivity index (χ0n) is 13.6. The maximum Gasteiger partial charge on any atom is 0.416 e. The Morgan fingerprint density at radius 1 is 1.11 bits per heavy atom. The number of anilines is 1. The quantitative estimate of drug-likeness (QED) is 0.404. The van der Waals surface area contributed by atoms with E-state index >= 15 is 0 Å². The van der Waals surface area contributed by atoms with E-state index in [1.54, 1.807) is 0 Å². The molecule has 0 saturated carbocycles. The first-order valence-corrected chi connectivity index (χ1v) is 10.1. The van der Waals surface area contributed by atoms with Gasteiger partial charge in [0.15, 0.2) is 4.32 Å². The van der Waals surface area contributed by atoms with Crippen LogP contribution in [0.15, 0.2) is 58.3 Å². The minimum atomic E-state index is -4.59. The molecule has 5 nitrogen and oxygen atoms in total. The summed E-state index contributed by atoms with van der Waals surface area (Å²) >= 11 is 6.03. The molecule has 146 valence electrons. The van der Waals surface area contributed by atoms with Crippen molar-refractivity contribution in [1.29, 1.82) is 0 Å². The molecular weight excluding hydrogens is 435 g/mol. The number of hydrogen-bond acceptors (Lipinski definition) is 6. The number of rotatable bonds is 3. The summed E-state index contributed by atoms with van der Waals surface area (Å²) in [6.07, 6.45) is -3.15. The highest BCUT2D eigenvalue weighted by molar-refractivity contribution is 8.27. The molecule has 1 saturated heterocycles. The van der Waals surface area contributed by atoms with Crippen molar-refractivity contribution in [2.24, 2.45) is 0 Å². The lowest BCUT2D eigenvalue weighted by Crippen LogP contribution is -2.27. The topological polar surface area (TPSA) is 77.5 Å². The zero-order chi connectivity index (χ0) is 20.7. The summed E-state index contributed by atoms with van der Waals surface area (Å²) in [7, 11) is -4.59. The maximum absolute atomic E-state index is 12.9. The molecule has 0 unspecified atom stereocenters. The van der Waals surface area contributed by atoms with Crippen molar-refractivity contribution < 1.29 is 30.9 Å². The summed E-state index contributed by atoms with van der Waals surface area (Å²) in [6, 6.07) is 9.12. The van der Waals surface area contributed by atoms with Crippen LogP contribution in [-0.2, 0) is 21.1 Å². The highest BCUT2D eigenvalue weighted by Gasteiger charge is 2.36. The van der Waals surface area contributed by atoms with Crippen molar-refractivity contribution in [1.82, 2.24) is 0 Å². The molecule has 0 radical (unpaired) electrons. The number of thiocarbonyl (C=S) groups is 1.